The summed E-state index contributed by atoms with van der Waals surface area (Å²) >= 11 is 0. The van der Waals surface area contributed by atoms with Crippen LogP contribution in [0.2, 0.25) is 0 Å². The van der Waals surface area contributed by atoms with E-state index in [0.717, 1.165) is 19.8 Å². The number of aliphatic hydroxyl groups is 1. The maximum absolute atomic E-state index is 9.00. The summed E-state index contributed by atoms with van der Waals surface area (Å²) in [5, 5.41) is 15.9. The molecule has 3 nitrogen and oxygen atoms in total. The van der Waals surface area contributed by atoms with Crippen LogP contribution in [0.4, 0.5) is 0 Å². The quantitative estimate of drug-likeness (QED) is 0.496. The standard InChI is InChI=1S/C11H22O.C2H4O2/c1-2-3-4-5-6-7-8-9-10-11-12;1-2(3)4/h7-8,12H,2-6,9-11H2,1H3;1H3,(H,3,4). The molecule has 0 rings (SSSR count). The maximum atomic E-state index is 9.00. The largest absolute Gasteiger partial charge is 0.481 e. The monoisotopic (exact) mass is 230 g/mol. The van der Waals surface area contributed by atoms with Crippen LogP contribution in [0.1, 0.15) is 58.8 Å². The molecule has 0 aliphatic heterocycles. The number of aliphatic hydroxyl groups excluding tert-OH is 1. The molecule has 0 fully saturated rings. The number of carbonyl (C=O) groups is 1. The minimum Gasteiger partial charge on any atom is -0.481 e. The third-order valence-corrected chi connectivity index (χ3v) is 1.92. The van der Waals surface area contributed by atoms with Crippen molar-refractivity contribution in [3.63, 3.8) is 0 Å². The molecule has 0 radical (unpaired) electrons. The van der Waals surface area contributed by atoms with Gasteiger partial charge in [-0.25, -0.2) is 0 Å². The van der Waals surface area contributed by atoms with Crippen LogP contribution in [-0.2, 0) is 4.79 Å². The van der Waals surface area contributed by atoms with Gasteiger partial charge in [0.1, 0.15) is 0 Å². The van der Waals surface area contributed by atoms with Crippen molar-refractivity contribution in [2.24, 2.45) is 0 Å². The summed E-state index contributed by atoms with van der Waals surface area (Å²) in [4.78, 5) is 9.00. The SMILES string of the molecule is CC(=O)O.CCCCCCC=CCCCO. The summed E-state index contributed by atoms with van der Waals surface area (Å²) in [7, 11) is 0. The Kier molecular flexibility index (Phi) is 18.2. The number of carboxylic acid groups (broad SMARTS) is 1. The van der Waals surface area contributed by atoms with Crippen LogP contribution >= 0.6 is 0 Å². The average Bonchev–Trinajstić information content (AvgIpc) is 2.21. The van der Waals surface area contributed by atoms with E-state index in [4.69, 9.17) is 15.0 Å². The minimum absolute atomic E-state index is 0.320. The zero-order chi connectivity index (χ0) is 12.6. The lowest BCUT2D eigenvalue weighted by molar-refractivity contribution is -0.134. The van der Waals surface area contributed by atoms with E-state index in [1.165, 1.54) is 32.1 Å². The fraction of sp³-hybridized carbons (Fsp3) is 0.769. The maximum Gasteiger partial charge on any atom is 0.300 e. The van der Waals surface area contributed by atoms with Gasteiger partial charge in [-0.3, -0.25) is 4.79 Å². The highest BCUT2D eigenvalue weighted by Crippen LogP contribution is 2.03. The van der Waals surface area contributed by atoms with Gasteiger partial charge in [0.2, 0.25) is 0 Å². The highest BCUT2D eigenvalue weighted by molar-refractivity contribution is 5.62. The first-order chi connectivity index (χ1) is 7.65. The molecule has 0 spiro atoms. The van der Waals surface area contributed by atoms with Crippen LogP contribution in [0.3, 0.4) is 0 Å². The second-order valence-corrected chi connectivity index (χ2v) is 3.71. The first-order valence-corrected chi connectivity index (χ1v) is 6.10. The Labute approximate surface area is 99.2 Å². The van der Waals surface area contributed by atoms with Gasteiger partial charge in [0.05, 0.1) is 0 Å². The van der Waals surface area contributed by atoms with E-state index < -0.39 is 5.97 Å². The number of allylic oxidation sites excluding steroid dienone is 2. The summed E-state index contributed by atoms with van der Waals surface area (Å²) in [6, 6.07) is 0. The van der Waals surface area contributed by atoms with Crippen LogP contribution in [0.15, 0.2) is 12.2 Å². The van der Waals surface area contributed by atoms with E-state index in [-0.39, 0.29) is 0 Å². The van der Waals surface area contributed by atoms with Gasteiger partial charge >= 0.3 is 0 Å². The molecule has 0 unspecified atom stereocenters. The third-order valence-electron chi connectivity index (χ3n) is 1.92. The van der Waals surface area contributed by atoms with Crippen molar-refractivity contribution in [2.45, 2.75) is 58.8 Å². The molecule has 0 aliphatic rings. The highest BCUT2D eigenvalue weighted by atomic mass is 16.4. The molecule has 0 bridgehead atoms. The summed E-state index contributed by atoms with van der Waals surface area (Å²) in [5.41, 5.74) is 0. The molecule has 96 valence electrons. The fourth-order valence-electron chi connectivity index (χ4n) is 1.13. The number of unbranched alkanes of at least 4 members (excludes halogenated alkanes) is 5. The van der Waals surface area contributed by atoms with Crippen molar-refractivity contribution in [3.05, 3.63) is 12.2 Å². The van der Waals surface area contributed by atoms with Gasteiger partial charge in [0.25, 0.3) is 5.97 Å². The van der Waals surface area contributed by atoms with Gasteiger partial charge in [0, 0.05) is 13.5 Å². The average molecular weight is 230 g/mol. The van der Waals surface area contributed by atoms with E-state index in [0.29, 0.717) is 6.61 Å². The molecule has 0 aromatic heterocycles. The van der Waals surface area contributed by atoms with Gasteiger partial charge < -0.3 is 10.2 Å². The second kappa shape index (κ2) is 16.6. The number of aliphatic carboxylic acids is 1. The molecule has 0 amide bonds. The highest BCUT2D eigenvalue weighted by Gasteiger charge is 1.84. The minimum atomic E-state index is -0.833. The Bertz CT molecular complexity index is 161. The third kappa shape index (κ3) is 29.2. The first kappa shape index (κ1) is 17.6. The van der Waals surface area contributed by atoms with E-state index in [2.05, 4.69) is 19.1 Å². The van der Waals surface area contributed by atoms with Gasteiger partial charge in [-0.15, -0.1) is 0 Å². The van der Waals surface area contributed by atoms with Crippen molar-refractivity contribution in [1.29, 1.82) is 0 Å². The van der Waals surface area contributed by atoms with Crippen LogP contribution in [0.5, 0.6) is 0 Å². The number of hydrogen-bond donors (Lipinski definition) is 2. The van der Waals surface area contributed by atoms with Crippen molar-refractivity contribution in [1.82, 2.24) is 0 Å². The Morgan fingerprint density at radius 3 is 2.00 bits per heavy atom. The lowest BCUT2D eigenvalue weighted by Crippen LogP contribution is -1.78. The molecule has 16 heavy (non-hydrogen) atoms. The van der Waals surface area contributed by atoms with E-state index in [1.54, 1.807) is 0 Å². The fourth-order valence-corrected chi connectivity index (χ4v) is 1.13. The van der Waals surface area contributed by atoms with Gasteiger partial charge in [-0.1, -0.05) is 38.3 Å². The molecular formula is C13H26O3. The number of carboxylic acids is 1. The summed E-state index contributed by atoms with van der Waals surface area (Å²) in [6.45, 7) is 3.64. The van der Waals surface area contributed by atoms with Gasteiger partial charge in [-0.2, -0.15) is 0 Å². The molecule has 3 heteroatoms. The van der Waals surface area contributed by atoms with Gasteiger partial charge in [-0.05, 0) is 25.7 Å². The van der Waals surface area contributed by atoms with Crippen molar-refractivity contribution < 1.29 is 15.0 Å². The molecule has 0 aliphatic carbocycles. The molecule has 2 N–H and O–H groups in total. The number of hydrogen-bond acceptors (Lipinski definition) is 2. The molecule has 0 saturated heterocycles. The lowest BCUT2D eigenvalue weighted by Gasteiger charge is -1.94. The van der Waals surface area contributed by atoms with E-state index >= 15 is 0 Å². The lowest BCUT2D eigenvalue weighted by atomic mass is 10.1. The molecule has 0 aromatic carbocycles. The Hall–Kier alpha value is -0.830. The van der Waals surface area contributed by atoms with Crippen LogP contribution in [-0.4, -0.2) is 22.8 Å². The molecule has 0 atom stereocenters. The van der Waals surface area contributed by atoms with E-state index in [9.17, 15) is 0 Å². The summed E-state index contributed by atoms with van der Waals surface area (Å²) < 4.78 is 0. The van der Waals surface area contributed by atoms with Crippen molar-refractivity contribution in [2.75, 3.05) is 6.61 Å². The first-order valence-electron chi connectivity index (χ1n) is 6.10. The zero-order valence-corrected chi connectivity index (χ0v) is 10.6. The summed E-state index contributed by atoms with van der Waals surface area (Å²) in [6.07, 6.45) is 12.9. The smallest absolute Gasteiger partial charge is 0.300 e. The molecule has 0 aromatic rings. The van der Waals surface area contributed by atoms with Crippen LogP contribution in [0, 0.1) is 0 Å². The molecule has 0 saturated carbocycles. The predicted octanol–water partition coefficient (Wildman–Crippen LogP) is 3.38. The Balaban J connectivity index is 0. The Morgan fingerprint density at radius 2 is 1.56 bits per heavy atom. The van der Waals surface area contributed by atoms with Crippen molar-refractivity contribution >= 4 is 5.97 Å². The van der Waals surface area contributed by atoms with Crippen LogP contribution < -0.4 is 0 Å². The normalized spacial score (nSPS) is 9.94. The Morgan fingerprint density at radius 1 is 1.06 bits per heavy atom. The molecular weight excluding hydrogens is 204 g/mol. The van der Waals surface area contributed by atoms with Gasteiger partial charge in [0.15, 0.2) is 0 Å². The van der Waals surface area contributed by atoms with E-state index in [1.807, 2.05) is 0 Å². The zero-order valence-electron chi connectivity index (χ0n) is 10.6. The number of rotatable bonds is 8. The summed E-state index contributed by atoms with van der Waals surface area (Å²) in [5.74, 6) is -0.833. The molecule has 0 heterocycles. The topological polar surface area (TPSA) is 57.5 Å². The predicted molar refractivity (Wildman–Crippen MR) is 67.5 cm³/mol. The van der Waals surface area contributed by atoms with Crippen molar-refractivity contribution in [3.8, 4) is 0 Å². The second-order valence-electron chi connectivity index (χ2n) is 3.71. The van der Waals surface area contributed by atoms with Crippen LogP contribution in [0.25, 0.3) is 0 Å².